The van der Waals surface area contributed by atoms with E-state index in [2.05, 4.69) is 5.32 Å². The van der Waals surface area contributed by atoms with Gasteiger partial charge in [0.1, 0.15) is 0 Å². The third-order valence-electron chi connectivity index (χ3n) is 2.74. The molecule has 4 N–H and O–H groups in total. The molecule has 0 aromatic rings. The number of sulfone groups is 1. The van der Waals surface area contributed by atoms with Crippen molar-refractivity contribution in [3.63, 3.8) is 0 Å². The number of hydrogen-bond acceptors (Lipinski definition) is 5. The zero-order valence-corrected chi connectivity index (χ0v) is 10.4. The van der Waals surface area contributed by atoms with Crippen molar-refractivity contribution in [2.24, 2.45) is 0 Å². The van der Waals surface area contributed by atoms with Crippen LogP contribution in [-0.2, 0) is 14.6 Å². The van der Waals surface area contributed by atoms with Crippen LogP contribution in [0.4, 0.5) is 4.79 Å². The summed E-state index contributed by atoms with van der Waals surface area (Å²) in [6.45, 7) is -0.781. The number of aliphatic carboxylic acids is 1. The maximum atomic E-state index is 11.5. The molecule has 0 aromatic heterocycles. The van der Waals surface area contributed by atoms with Gasteiger partial charge in [-0.25, -0.2) is 18.0 Å². The summed E-state index contributed by atoms with van der Waals surface area (Å²) in [5.41, 5.74) is 0. The Morgan fingerprint density at radius 2 is 2.06 bits per heavy atom. The fourth-order valence-corrected chi connectivity index (χ4v) is 3.45. The first-order chi connectivity index (χ1) is 8.36. The second-order valence-electron chi connectivity index (χ2n) is 4.06. The van der Waals surface area contributed by atoms with Gasteiger partial charge in [-0.3, -0.25) is 0 Å². The van der Waals surface area contributed by atoms with E-state index in [1.165, 1.54) is 0 Å². The van der Waals surface area contributed by atoms with Gasteiger partial charge >= 0.3 is 12.0 Å². The van der Waals surface area contributed by atoms with Crippen LogP contribution in [0.25, 0.3) is 0 Å². The summed E-state index contributed by atoms with van der Waals surface area (Å²) in [4.78, 5) is 21.8. The number of hydrogen-bond donors (Lipinski definition) is 4. The number of aliphatic hydroxyl groups is 1. The van der Waals surface area contributed by atoms with Crippen molar-refractivity contribution in [3.05, 3.63) is 0 Å². The Morgan fingerprint density at radius 1 is 1.39 bits per heavy atom. The van der Waals surface area contributed by atoms with Gasteiger partial charge in [0, 0.05) is 6.54 Å². The van der Waals surface area contributed by atoms with Gasteiger partial charge in [-0.1, -0.05) is 0 Å². The largest absolute Gasteiger partial charge is 0.480 e. The van der Waals surface area contributed by atoms with Crippen LogP contribution < -0.4 is 10.6 Å². The highest BCUT2D eigenvalue weighted by molar-refractivity contribution is 7.92. The van der Waals surface area contributed by atoms with Crippen LogP contribution in [-0.4, -0.2) is 60.8 Å². The maximum absolute atomic E-state index is 11.5. The minimum absolute atomic E-state index is 0.0497. The fraction of sp³-hybridized carbons (Fsp3) is 0.778. The van der Waals surface area contributed by atoms with Crippen molar-refractivity contribution in [3.8, 4) is 0 Å². The molecule has 1 aliphatic rings. The van der Waals surface area contributed by atoms with E-state index in [-0.39, 0.29) is 12.3 Å². The predicted octanol–water partition coefficient (Wildman–Crippen LogP) is -1.69. The average molecular weight is 280 g/mol. The number of amides is 2. The number of carboxylic acid groups (broad SMARTS) is 1. The number of nitrogens with one attached hydrogen (secondary N) is 2. The summed E-state index contributed by atoms with van der Waals surface area (Å²) in [6, 6.07) is -2.20. The minimum Gasteiger partial charge on any atom is -0.480 e. The Morgan fingerprint density at radius 3 is 2.50 bits per heavy atom. The fourth-order valence-electron chi connectivity index (χ4n) is 1.69. The molecule has 9 heteroatoms. The molecule has 2 atom stereocenters. The molecule has 0 aromatic carbocycles. The van der Waals surface area contributed by atoms with Crippen molar-refractivity contribution < 1.29 is 28.2 Å². The summed E-state index contributed by atoms with van der Waals surface area (Å²) < 4.78 is 22.9. The van der Waals surface area contributed by atoms with E-state index in [4.69, 9.17) is 10.2 Å². The van der Waals surface area contributed by atoms with Gasteiger partial charge in [-0.2, -0.15) is 0 Å². The van der Waals surface area contributed by atoms with Crippen molar-refractivity contribution in [2.45, 2.75) is 24.1 Å². The van der Waals surface area contributed by atoms with E-state index in [1.54, 1.807) is 0 Å². The molecule has 8 nitrogen and oxygen atoms in total. The second kappa shape index (κ2) is 6.01. The minimum atomic E-state index is -3.14. The molecule has 0 bridgehead atoms. The molecule has 18 heavy (non-hydrogen) atoms. The lowest BCUT2D eigenvalue weighted by Crippen LogP contribution is -2.49. The third kappa shape index (κ3) is 3.84. The number of urea groups is 1. The zero-order chi connectivity index (χ0) is 13.8. The van der Waals surface area contributed by atoms with Crippen LogP contribution in [0.3, 0.4) is 0 Å². The van der Waals surface area contributed by atoms with Gasteiger partial charge in [0.15, 0.2) is 15.9 Å². The molecule has 104 valence electrons. The van der Waals surface area contributed by atoms with Crippen LogP contribution in [0.15, 0.2) is 0 Å². The average Bonchev–Trinajstić information content (AvgIpc) is 2.62. The Hall–Kier alpha value is -1.35. The molecule has 0 saturated carbocycles. The molecule has 1 rings (SSSR count). The summed E-state index contributed by atoms with van der Waals surface area (Å²) in [6.07, 6.45) is 1.07. The van der Waals surface area contributed by atoms with Crippen LogP contribution in [0.2, 0.25) is 0 Å². The van der Waals surface area contributed by atoms with Crippen LogP contribution in [0.1, 0.15) is 12.8 Å². The SMILES string of the molecule is O=C(NCC1CCCS1(=O)=O)N[C@@H](CO)C(=O)O. The highest BCUT2D eigenvalue weighted by Crippen LogP contribution is 2.18. The smallest absolute Gasteiger partial charge is 0.328 e. The van der Waals surface area contributed by atoms with Crippen molar-refractivity contribution >= 4 is 21.8 Å². The quantitative estimate of drug-likeness (QED) is 0.475. The molecular weight excluding hydrogens is 264 g/mol. The molecule has 0 aliphatic carbocycles. The number of aliphatic hydroxyl groups excluding tert-OH is 1. The standard InChI is InChI=1S/C9H16N2O6S/c12-5-7(8(13)14)11-9(15)10-4-6-2-1-3-18(6,16)17/h6-7,12H,1-5H2,(H,13,14)(H2,10,11,15)/t6?,7-/m0/s1. The first kappa shape index (κ1) is 14.7. The lowest BCUT2D eigenvalue weighted by molar-refractivity contribution is -0.140. The molecular formula is C9H16N2O6S. The lowest BCUT2D eigenvalue weighted by atomic mass is 10.2. The Balaban J connectivity index is 2.40. The monoisotopic (exact) mass is 280 g/mol. The van der Waals surface area contributed by atoms with Gasteiger partial charge in [0.05, 0.1) is 17.6 Å². The molecule has 1 saturated heterocycles. The van der Waals surface area contributed by atoms with Gasteiger partial charge in [-0.15, -0.1) is 0 Å². The van der Waals surface area contributed by atoms with Gasteiger partial charge in [0.25, 0.3) is 0 Å². The van der Waals surface area contributed by atoms with E-state index in [1.807, 2.05) is 5.32 Å². The predicted molar refractivity (Wildman–Crippen MR) is 61.9 cm³/mol. The van der Waals surface area contributed by atoms with Crippen molar-refractivity contribution in [1.29, 1.82) is 0 Å². The number of carbonyl (C=O) groups excluding carboxylic acids is 1. The molecule has 1 unspecified atom stereocenters. The van der Waals surface area contributed by atoms with E-state index in [9.17, 15) is 18.0 Å². The van der Waals surface area contributed by atoms with E-state index < -0.39 is 39.7 Å². The summed E-state index contributed by atoms with van der Waals surface area (Å²) in [5.74, 6) is -1.24. The third-order valence-corrected chi connectivity index (χ3v) is 5.01. The zero-order valence-electron chi connectivity index (χ0n) is 9.63. The van der Waals surface area contributed by atoms with Crippen molar-refractivity contribution in [1.82, 2.24) is 10.6 Å². The van der Waals surface area contributed by atoms with Crippen LogP contribution in [0, 0.1) is 0 Å². The Bertz CT molecular complexity index is 421. The number of rotatable bonds is 5. The van der Waals surface area contributed by atoms with E-state index in [0.717, 1.165) is 0 Å². The van der Waals surface area contributed by atoms with E-state index >= 15 is 0 Å². The molecule has 1 aliphatic heterocycles. The maximum Gasteiger partial charge on any atom is 0.328 e. The molecule has 0 radical (unpaired) electrons. The first-order valence-electron chi connectivity index (χ1n) is 5.46. The second-order valence-corrected chi connectivity index (χ2v) is 6.46. The molecule has 2 amide bonds. The van der Waals surface area contributed by atoms with E-state index in [0.29, 0.717) is 12.8 Å². The molecule has 1 fully saturated rings. The number of carboxylic acids is 1. The Labute approximate surface area is 104 Å². The summed E-state index contributed by atoms with van der Waals surface area (Å²) >= 11 is 0. The van der Waals surface area contributed by atoms with Gasteiger partial charge < -0.3 is 20.8 Å². The summed E-state index contributed by atoms with van der Waals surface area (Å²) in [5, 5.41) is 21.0. The molecule has 1 heterocycles. The van der Waals surface area contributed by atoms with Crippen molar-refractivity contribution in [2.75, 3.05) is 18.9 Å². The van der Waals surface area contributed by atoms with Crippen LogP contribution in [0.5, 0.6) is 0 Å². The highest BCUT2D eigenvalue weighted by Gasteiger charge is 2.31. The summed E-state index contributed by atoms with van der Waals surface area (Å²) in [7, 11) is -3.14. The van der Waals surface area contributed by atoms with Gasteiger partial charge in [-0.05, 0) is 12.8 Å². The molecule has 0 spiro atoms. The lowest BCUT2D eigenvalue weighted by Gasteiger charge is -2.14. The van der Waals surface area contributed by atoms with Crippen LogP contribution >= 0.6 is 0 Å². The number of carbonyl (C=O) groups is 2. The topological polar surface area (TPSA) is 133 Å². The first-order valence-corrected chi connectivity index (χ1v) is 7.18. The Kier molecular flexibility index (Phi) is 4.91. The normalized spacial score (nSPS) is 23.3. The van der Waals surface area contributed by atoms with Gasteiger partial charge in [0.2, 0.25) is 0 Å². The highest BCUT2D eigenvalue weighted by atomic mass is 32.2.